The van der Waals surface area contributed by atoms with Crippen LogP contribution in [0.15, 0.2) is 30.3 Å². The van der Waals surface area contributed by atoms with E-state index in [2.05, 4.69) is 40.2 Å². The van der Waals surface area contributed by atoms with Gasteiger partial charge in [-0.1, -0.05) is 30.3 Å². The first-order valence-corrected chi connectivity index (χ1v) is 9.45. The van der Waals surface area contributed by atoms with E-state index in [4.69, 9.17) is 0 Å². The van der Waals surface area contributed by atoms with Crippen LogP contribution in [-0.4, -0.2) is 41.1 Å². The second-order valence-electron chi connectivity index (χ2n) is 7.51. The molecule has 0 unspecified atom stereocenters. The maximum Gasteiger partial charge on any atom is 0.193 e. The Bertz CT molecular complexity index is 784. The second kappa shape index (κ2) is 8.00. The molecule has 1 aromatic carbocycles. The molecule has 0 saturated carbocycles. The number of hydrogen-bond acceptors (Lipinski definition) is 3. The molecule has 0 bridgehead atoms. The number of carbonyl (C=O) groups is 2. The lowest BCUT2D eigenvalue weighted by atomic mass is 9.90. The number of rotatable bonds is 6. The van der Waals surface area contributed by atoms with E-state index < -0.39 is 0 Å². The van der Waals surface area contributed by atoms with Crippen LogP contribution in [0.4, 0.5) is 0 Å². The maximum absolute atomic E-state index is 12.7. The van der Waals surface area contributed by atoms with E-state index in [0.29, 0.717) is 23.7 Å². The van der Waals surface area contributed by atoms with Gasteiger partial charge in [-0.2, -0.15) is 0 Å². The lowest BCUT2D eigenvalue weighted by Gasteiger charge is -2.31. The highest BCUT2D eigenvalue weighted by Gasteiger charge is 2.24. The van der Waals surface area contributed by atoms with E-state index in [-0.39, 0.29) is 11.6 Å². The zero-order valence-corrected chi connectivity index (χ0v) is 16.0. The minimum absolute atomic E-state index is 0.0111. The highest BCUT2D eigenvalue weighted by atomic mass is 16.1. The first-order valence-electron chi connectivity index (χ1n) is 9.45. The Morgan fingerprint density at radius 1 is 1.12 bits per heavy atom. The van der Waals surface area contributed by atoms with Crippen LogP contribution in [0.1, 0.15) is 57.4 Å². The third-order valence-electron chi connectivity index (χ3n) is 5.51. The van der Waals surface area contributed by atoms with Gasteiger partial charge in [0, 0.05) is 11.3 Å². The molecule has 0 radical (unpaired) electrons. The molecule has 0 atom stereocenters. The SMILES string of the molecule is CC(=O)c1c(C)[nH]c(C(=O)CN2CCC(Cc3ccccc3)CC2)c1C. The van der Waals surface area contributed by atoms with E-state index in [1.165, 1.54) is 5.56 Å². The summed E-state index contributed by atoms with van der Waals surface area (Å²) in [5, 5.41) is 0. The molecular formula is C22H28N2O2. The molecule has 1 saturated heterocycles. The molecule has 0 spiro atoms. The summed E-state index contributed by atoms with van der Waals surface area (Å²) in [6.07, 6.45) is 3.38. The van der Waals surface area contributed by atoms with E-state index in [1.807, 2.05) is 13.8 Å². The summed E-state index contributed by atoms with van der Waals surface area (Å²) in [6, 6.07) is 10.6. The summed E-state index contributed by atoms with van der Waals surface area (Å²) < 4.78 is 0. The molecule has 138 valence electrons. The predicted octanol–water partition coefficient (Wildman–Crippen LogP) is 3.97. The zero-order valence-electron chi connectivity index (χ0n) is 16.0. The number of aryl methyl sites for hydroxylation is 1. The normalized spacial score (nSPS) is 16.0. The summed E-state index contributed by atoms with van der Waals surface area (Å²) in [5.74, 6) is 0.791. The number of nitrogens with zero attached hydrogens (tertiary/aromatic N) is 1. The molecule has 1 fully saturated rings. The Labute approximate surface area is 155 Å². The summed E-state index contributed by atoms with van der Waals surface area (Å²) in [7, 11) is 0. The standard InChI is InChI=1S/C22H28N2O2/c1-15-21(17(3)25)16(2)23-22(15)20(26)14-24-11-9-19(10-12-24)13-18-7-5-4-6-8-18/h4-8,19,23H,9-14H2,1-3H3. The molecule has 2 heterocycles. The zero-order chi connectivity index (χ0) is 18.7. The summed E-state index contributed by atoms with van der Waals surface area (Å²) in [6.45, 7) is 7.61. The summed E-state index contributed by atoms with van der Waals surface area (Å²) in [5.41, 5.74) is 4.24. The largest absolute Gasteiger partial charge is 0.355 e. The van der Waals surface area contributed by atoms with Gasteiger partial charge >= 0.3 is 0 Å². The van der Waals surface area contributed by atoms with Crippen molar-refractivity contribution in [2.75, 3.05) is 19.6 Å². The van der Waals surface area contributed by atoms with Crippen LogP contribution in [0.2, 0.25) is 0 Å². The number of benzene rings is 1. The summed E-state index contributed by atoms with van der Waals surface area (Å²) >= 11 is 0. The van der Waals surface area contributed by atoms with Crippen molar-refractivity contribution in [2.45, 2.75) is 40.0 Å². The number of hydrogen-bond donors (Lipinski definition) is 1. The smallest absolute Gasteiger partial charge is 0.193 e. The Hall–Kier alpha value is -2.20. The fraction of sp³-hybridized carbons (Fsp3) is 0.455. The minimum atomic E-state index is 0.0111. The van der Waals surface area contributed by atoms with E-state index >= 15 is 0 Å². The van der Waals surface area contributed by atoms with E-state index in [9.17, 15) is 9.59 Å². The third-order valence-corrected chi connectivity index (χ3v) is 5.51. The van der Waals surface area contributed by atoms with Gasteiger partial charge in [-0.15, -0.1) is 0 Å². The van der Waals surface area contributed by atoms with Crippen molar-refractivity contribution in [3.8, 4) is 0 Å². The average Bonchev–Trinajstić information content (AvgIpc) is 2.92. The number of carbonyl (C=O) groups excluding carboxylic acids is 2. The molecule has 26 heavy (non-hydrogen) atoms. The van der Waals surface area contributed by atoms with Gasteiger partial charge in [0.15, 0.2) is 11.6 Å². The first-order chi connectivity index (χ1) is 12.5. The predicted molar refractivity (Wildman–Crippen MR) is 104 cm³/mol. The van der Waals surface area contributed by atoms with E-state index in [0.717, 1.165) is 43.6 Å². The highest BCUT2D eigenvalue weighted by molar-refractivity contribution is 6.03. The van der Waals surface area contributed by atoms with Gasteiger partial charge in [0.2, 0.25) is 0 Å². The molecular weight excluding hydrogens is 324 g/mol. The molecule has 3 rings (SSSR count). The third kappa shape index (κ3) is 4.13. The van der Waals surface area contributed by atoms with Crippen molar-refractivity contribution in [3.63, 3.8) is 0 Å². The number of likely N-dealkylation sites (tertiary alicyclic amines) is 1. The molecule has 2 aromatic rings. The number of H-pyrrole nitrogens is 1. The van der Waals surface area contributed by atoms with Crippen LogP contribution in [0.3, 0.4) is 0 Å². The van der Waals surface area contributed by atoms with Crippen LogP contribution < -0.4 is 0 Å². The Balaban J connectivity index is 1.55. The fourth-order valence-electron chi connectivity index (χ4n) is 4.14. The Morgan fingerprint density at radius 2 is 1.77 bits per heavy atom. The number of aromatic nitrogens is 1. The van der Waals surface area contributed by atoms with Crippen molar-refractivity contribution < 1.29 is 9.59 Å². The van der Waals surface area contributed by atoms with Gasteiger partial charge in [-0.25, -0.2) is 0 Å². The lowest BCUT2D eigenvalue weighted by molar-refractivity contribution is 0.0890. The Kier molecular flexibility index (Phi) is 5.72. The van der Waals surface area contributed by atoms with Gasteiger partial charge in [0.1, 0.15) is 0 Å². The van der Waals surface area contributed by atoms with Gasteiger partial charge < -0.3 is 4.98 Å². The van der Waals surface area contributed by atoms with Crippen LogP contribution in [0.5, 0.6) is 0 Å². The van der Waals surface area contributed by atoms with Gasteiger partial charge in [-0.3, -0.25) is 14.5 Å². The summed E-state index contributed by atoms with van der Waals surface area (Å²) in [4.78, 5) is 29.8. The molecule has 1 aliphatic rings. The molecule has 0 amide bonds. The van der Waals surface area contributed by atoms with E-state index in [1.54, 1.807) is 6.92 Å². The van der Waals surface area contributed by atoms with Crippen LogP contribution in [0.25, 0.3) is 0 Å². The van der Waals surface area contributed by atoms with Crippen molar-refractivity contribution in [1.29, 1.82) is 0 Å². The van der Waals surface area contributed by atoms with Crippen LogP contribution >= 0.6 is 0 Å². The highest BCUT2D eigenvalue weighted by Crippen LogP contribution is 2.23. The average molecular weight is 352 g/mol. The van der Waals surface area contributed by atoms with Gasteiger partial charge in [-0.05, 0) is 70.2 Å². The number of aromatic amines is 1. The monoisotopic (exact) mass is 352 g/mol. The van der Waals surface area contributed by atoms with Crippen molar-refractivity contribution in [1.82, 2.24) is 9.88 Å². The minimum Gasteiger partial charge on any atom is -0.355 e. The molecule has 4 nitrogen and oxygen atoms in total. The second-order valence-corrected chi connectivity index (χ2v) is 7.51. The number of piperidine rings is 1. The van der Waals surface area contributed by atoms with Crippen LogP contribution in [-0.2, 0) is 6.42 Å². The maximum atomic E-state index is 12.7. The Morgan fingerprint density at radius 3 is 2.35 bits per heavy atom. The van der Waals surface area contributed by atoms with Crippen molar-refractivity contribution in [2.24, 2.45) is 5.92 Å². The van der Waals surface area contributed by atoms with Crippen molar-refractivity contribution in [3.05, 3.63) is 58.4 Å². The molecule has 1 aromatic heterocycles. The number of ketones is 2. The van der Waals surface area contributed by atoms with Crippen molar-refractivity contribution >= 4 is 11.6 Å². The van der Waals surface area contributed by atoms with Gasteiger partial charge in [0.25, 0.3) is 0 Å². The quantitative estimate of drug-likeness (QED) is 0.800. The number of nitrogens with one attached hydrogen (secondary N) is 1. The van der Waals surface area contributed by atoms with Gasteiger partial charge in [0.05, 0.1) is 12.2 Å². The molecule has 1 aliphatic heterocycles. The molecule has 4 heteroatoms. The topological polar surface area (TPSA) is 53.2 Å². The molecule has 1 N–H and O–H groups in total. The fourth-order valence-corrected chi connectivity index (χ4v) is 4.14. The number of Topliss-reactive ketones (excluding diaryl/α,β-unsaturated/α-hetero) is 2. The van der Waals surface area contributed by atoms with Crippen LogP contribution in [0, 0.1) is 19.8 Å². The molecule has 0 aliphatic carbocycles. The first kappa shape index (κ1) is 18.6. The lowest BCUT2D eigenvalue weighted by Crippen LogP contribution is -2.38.